The van der Waals surface area contributed by atoms with Crippen LogP contribution in [-0.4, -0.2) is 35.3 Å². The van der Waals surface area contributed by atoms with Crippen molar-refractivity contribution in [2.24, 2.45) is 0 Å². The first-order valence-corrected chi connectivity index (χ1v) is 11.0. The highest BCUT2D eigenvalue weighted by molar-refractivity contribution is 9.10. The Morgan fingerprint density at radius 1 is 0.706 bits per heavy atom. The summed E-state index contributed by atoms with van der Waals surface area (Å²) in [6.07, 6.45) is 5.01. The average Bonchev–Trinajstić information content (AvgIpc) is 3.66. The summed E-state index contributed by atoms with van der Waals surface area (Å²) in [5.41, 5.74) is 4.01. The lowest BCUT2D eigenvalue weighted by Gasteiger charge is -1.98. The SMILES string of the molecule is Brc1ccc(-c2nc(-c3ccc(-c4ncc(-c5nnc(-c6ccncc6)o5)[nH]4)cc3)no2)cc1. The van der Waals surface area contributed by atoms with Gasteiger partial charge in [0.1, 0.15) is 11.5 Å². The summed E-state index contributed by atoms with van der Waals surface area (Å²) in [5.74, 6) is 2.43. The molecule has 1 N–H and O–H groups in total. The van der Waals surface area contributed by atoms with E-state index in [0.29, 0.717) is 35.0 Å². The molecular weight excluding hydrogens is 498 g/mol. The maximum absolute atomic E-state index is 5.78. The quantitative estimate of drug-likeness (QED) is 0.314. The van der Waals surface area contributed by atoms with Crippen LogP contribution in [0.1, 0.15) is 0 Å². The van der Waals surface area contributed by atoms with Crippen LogP contribution in [0, 0.1) is 0 Å². The first-order chi connectivity index (χ1) is 16.7. The Bertz CT molecular complexity index is 1560. The molecule has 4 aromatic heterocycles. The number of hydrogen-bond acceptors (Lipinski definition) is 8. The molecule has 164 valence electrons. The van der Waals surface area contributed by atoms with Crippen LogP contribution in [0.2, 0.25) is 0 Å². The van der Waals surface area contributed by atoms with Crippen LogP contribution in [0.3, 0.4) is 0 Å². The summed E-state index contributed by atoms with van der Waals surface area (Å²) < 4.78 is 12.2. The largest absolute Gasteiger partial charge is 0.415 e. The number of H-pyrrole nitrogens is 1. The summed E-state index contributed by atoms with van der Waals surface area (Å²) in [4.78, 5) is 16.2. The van der Waals surface area contributed by atoms with Gasteiger partial charge < -0.3 is 13.9 Å². The summed E-state index contributed by atoms with van der Waals surface area (Å²) in [7, 11) is 0. The minimum Gasteiger partial charge on any atom is -0.415 e. The van der Waals surface area contributed by atoms with Crippen molar-refractivity contribution in [3.63, 3.8) is 0 Å². The second-order valence-electron chi connectivity index (χ2n) is 7.30. The van der Waals surface area contributed by atoms with Gasteiger partial charge in [0.25, 0.3) is 11.8 Å². The number of imidazole rings is 1. The van der Waals surface area contributed by atoms with Crippen molar-refractivity contribution in [2.75, 3.05) is 0 Å². The van der Waals surface area contributed by atoms with E-state index in [4.69, 9.17) is 8.94 Å². The lowest BCUT2D eigenvalue weighted by Crippen LogP contribution is -1.84. The van der Waals surface area contributed by atoms with Crippen LogP contribution < -0.4 is 0 Å². The fourth-order valence-corrected chi connectivity index (χ4v) is 3.61. The molecule has 0 amide bonds. The second kappa shape index (κ2) is 8.49. The zero-order valence-electron chi connectivity index (χ0n) is 17.4. The Labute approximate surface area is 201 Å². The highest BCUT2D eigenvalue weighted by Crippen LogP contribution is 2.27. The minimum atomic E-state index is 0.356. The Kier molecular flexibility index (Phi) is 5.04. The molecule has 10 heteroatoms. The van der Waals surface area contributed by atoms with Crippen LogP contribution in [0.5, 0.6) is 0 Å². The Morgan fingerprint density at radius 3 is 2.18 bits per heavy atom. The molecule has 0 radical (unpaired) electrons. The highest BCUT2D eigenvalue weighted by Gasteiger charge is 2.15. The molecule has 34 heavy (non-hydrogen) atoms. The maximum atomic E-state index is 5.78. The topological polar surface area (TPSA) is 119 Å². The van der Waals surface area contributed by atoms with E-state index >= 15 is 0 Å². The Morgan fingerprint density at radius 2 is 1.38 bits per heavy atom. The van der Waals surface area contributed by atoms with E-state index in [0.717, 1.165) is 26.7 Å². The van der Waals surface area contributed by atoms with Gasteiger partial charge in [-0.1, -0.05) is 45.4 Å². The van der Waals surface area contributed by atoms with Gasteiger partial charge in [-0.2, -0.15) is 4.98 Å². The van der Waals surface area contributed by atoms with Gasteiger partial charge in [-0.05, 0) is 36.4 Å². The Hall–Kier alpha value is -4.44. The van der Waals surface area contributed by atoms with Crippen molar-refractivity contribution in [3.05, 3.63) is 83.7 Å². The van der Waals surface area contributed by atoms with Crippen molar-refractivity contribution in [1.82, 2.24) is 35.3 Å². The third-order valence-electron chi connectivity index (χ3n) is 5.09. The fraction of sp³-hybridized carbons (Fsp3) is 0. The van der Waals surface area contributed by atoms with Gasteiger partial charge in [0.2, 0.25) is 11.7 Å². The van der Waals surface area contributed by atoms with Crippen LogP contribution in [0.25, 0.3) is 57.3 Å². The number of benzene rings is 2. The standard InChI is InChI=1S/C24H14BrN7O2/c25-18-7-5-16(6-8-18)22-29-21(32-34-22)15-3-1-14(2-4-15)20-27-13-19(28-20)24-31-30-23(33-24)17-9-11-26-12-10-17/h1-13H,(H,27,28). The molecule has 6 aromatic rings. The van der Waals surface area contributed by atoms with Gasteiger partial charge in [-0.3, -0.25) is 4.98 Å². The molecule has 0 unspecified atom stereocenters. The molecule has 9 nitrogen and oxygen atoms in total. The van der Waals surface area contributed by atoms with Crippen LogP contribution in [0.4, 0.5) is 0 Å². The number of hydrogen-bond donors (Lipinski definition) is 1. The molecule has 4 heterocycles. The van der Waals surface area contributed by atoms with Crippen molar-refractivity contribution in [3.8, 4) is 57.3 Å². The van der Waals surface area contributed by atoms with Crippen LogP contribution in [0.15, 0.2) is 92.7 Å². The maximum Gasteiger partial charge on any atom is 0.266 e. The van der Waals surface area contributed by atoms with Crippen LogP contribution in [-0.2, 0) is 0 Å². The molecule has 0 saturated heterocycles. The predicted octanol–water partition coefficient (Wildman–Crippen LogP) is 5.67. The van der Waals surface area contributed by atoms with Crippen molar-refractivity contribution < 1.29 is 8.94 Å². The van der Waals surface area contributed by atoms with E-state index in [9.17, 15) is 0 Å². The molecule has 0 spiro atoms. The molecular formula is C24H14BrN7O2. The summed E-state index contributed by atoms with van der Waals surface area (Å²) in [6.45, 7) is 0. The molecule has 2 aromatic carbocycles. The number of halogens is 1. The fourth-order valence-electron chi connectivity index (χ4n) is 3.35. The molecule has 0 atom stereocenters. The molecule has 0 saturated carbocycles. The van der Waals surface area contributed by atoms with Crippen molar-refractivity contribution in [1.29, 1.82) is 0 Å². The summed E-state index contributed by atoms with van der Waals surface area (Å²) >= 11 is 3.42. The minimum absolute atomic E-state index is 0.356. The number of nitrogens with one attached hydrogen (secondary N) is 1. The molecule has 0 fully saturated rings. The monoisotopic (exact) mass is 511 g/mol. The van der Waals surface area contributed by atoms with Gasteiger partial charge in [0.15, 0.2) is 0 Å². The van der Waals surface area contributed by atoms with Gasteiger partial charge in [-0.25, -0.2) is 4.98 Å². The second-order valence-corrected chi connectivity index (χ2v) is 8.22. The molecule has 6 rings (SSSR count). The average molecular weight is 512 g/mol. The smallest absolute Gasteiger partial charge is 0.266 e. The van der Waals surface area contributed by atoms with Crippen LogP contribution >= 0.6 is 15.9 Å². The number of aromatic nitrogens is 7. The van der Waals surface area contributed by atoms with E-state index in [1.54, 1.807) is 18.6 Å². The van der Waals surface area contributed by atoms with E-state index in [2.05, 4.69) is 51.2 Å². The van der Waals surface area contributed by atoms with Gasteiger partial charge in [0, 0.05) is 39.1 Å². The number of nitrogens with zero attached hydrogens (tertiary/aromatic N) is 6. The van der Waals surface area contributed by atoms with E-state index in [1.807, 2.05) is 60.7 Å². The van der Waals surface area contributed by atoms with E-state index < -0.39 is 0 Å². The zero-order chi connectivity index (χ0) is 22.9. The molecule has 0 aliphatic heterocycles. The molecule has 0 aliphatic carbocycles. The molecule has 0 aliphatic rings. The van der Waals surface area contributed by atoms with Crippen molar-refractivity contribution >= 4 is 15.9 Å². The van der Waals surface area contributed by atoms with Gasteiger partial charge >= 0.3 is 0 Å². The van der Waals surface area contributed by atoms with Gasteiger partial charge in [-0.15, -0.1) is 10.2 Å². The van der Waals surface area contributed by atoms with E-state index in [-0.39, 0.29) is 0 Å². The highest BCUT2D eigenvalue weighted by atomic mass is 79.9. The first kappa shape index (κ1) is 20.2. The summed E-state index contributed by atoms with van der Waals surface area (Å²) in [6, 6.07) is 19.0. The summed E-state index contributed by atoms with van der Waals surface area (Å²) in [5, 5.41) is 12.3. The predicted molar refractivity (Wildman–Crippen MR) is 127 cm³/mol. The molecule has 0 bridgehead atoms. The lowest BCUT2D eigenvalue weighted by atomic mass is 10.1. The van der Waals surface area contributed by atoms with Crippen molar-refractivity contribution in [2.45, 2.75) is 0 Å². The first-order valence-electron chi connectivity index (χ1n) is 10.2. The third-order valence-corrected chi connectivity index (χ3v) is 5.62. The van der Waals surface area contributed by atoms with Gasteiger partial charge in [0.05, 0.1) is 6.20 Å². The van der Waals surface area contributed by atoms with E-state index in [1.165, 1.54) is 0 Å². The normalized spacial score (nSPS) is 11.1. The zero-order valence-corrected chi connectivity index (χ0v) is 19.0. The number of rotatable bonds is 5. The number of aromatic amines is 1. The number of pyridine rings is 1. The Balaban J connectivity index is 1.21. The third kappa shape index (κ3) is 3.90. The lowest BCUT2D eigenvalue weighted by molar-refractivity contribution is 0.432.